The normalized spacial score (nSPS) is 20.6. The molecule has 214 valence electrons. The van der Waals surface area contributed by atoms with E-state index in [1.165, 1.54) is 23.5 Å². The number of nitrogens with zero attached hydrogens (tertiary/aromatic N) is 3. The van der Waals surface area contributed by atoms with E-state index in [2.05, 4.69) is 9.88 Å². The molecule has 1 saturated carbocycles. The Balaban J connectivity index is 1.47. The van der Waals surface area contributed by atoms with Gasteiger partial charge in [-0.25, -0.2) is 4.79 Å². The van der Waals surface area contributed by atoms with E-state index >= 15 is 0 Å². The standard InChI is InChI=1S/C30H34F3N3O3S/c1-28(2,3)39-27(38)36-16-20(15-29(36)8-5-9-29)35-11-4-6-18-12-19(30(31,32)33)13-23(25(18)35)22-7-10-34-24-14-21(17-37)40-26(22)24/h7,10,12-14,20,37H,4-6,8-9,11,15-17H2,1-3H3/t20-/m0/s1. The summed E-state index contributed by atoms with van der Waals surface area (Å²) in [5.41, 5.74) is 1.83. The van der Waals surface area contributed by atoms with E-state index in [9.17, 15) is 23.1 Å². The van der Waals surface area contributed by atoms with Crippen LogP contribution in [0.2, 0.25) is 0 Å². The first-order valence-electron chi connectivity index (χ1n) is 13.9. The summed E-state index contributed by atoms with van der Waals surface area (Å²) in [5, 5.41) is 9.73. The van der Waals surface area contributed by atoms with Crippen molar-refractivity contribution in [3.63, 3.8) is 0 Å². The minimum Gasteiger partial charge on any atom is -0.444 e. The monoisotopic (exact) mass is 573 g/mol. The molecule has 6 rings (SSSR count). The van der Waals surface area contributed by atoms with E-state index in [1.54, 1.807) is 18.3 Å². The second-order valence-electron chi connectivity index (χ2n) is 12.3. The second kappa shape index (κ2) is 9.62. The Morgan fingerprint density at radius 1 is 1.18 bits per heavy atom. The maximum Gasteiger partial charge on any atom is 0.416 e. The molecule has 2 aromatic heterocycles. The predicted octanol–water partition coefficient (Wildman–Crippen LogP) is 7.16. The van der Waals surface area contributed by atoms with Gasteiger partial charge in [0.25, 0.3) is 0 Å². The second-order valence-corrected chi connectivity index (χ2v) is 13.4. The minimum atomic E-state index is -4.49. The average Bonchev–Trinajstić information content (AvgIpc) is 3.48. The summed E-state index contributed by atoms with van der Waals surface area (Å²) >= 11 is 1.36. The number of benzene rings is 1. The number of aromatic nitrogens is 1. The number of pyridine rings is 1. The van der Waals surface area contributed by atoms with Gasteiger partial charge in [0.05, 0.1) is 22.4 Å². The number of hydrogen-bond acceptors (Lipinski definition) is 6. The Bertz CT molecular complexity index is 1460. The molecule has 6 nitrogen and oxygen atoms in total. The molecule has 4 heterocycles. The van der Waals surface area contributed by atoms with Crippen LogP contribution in [-0.2, 0) is 23.9 Å². The molecule has 2 aliphatic heterocycles. The van der Waals surface area contributed by atoms with Crippen molar-refractivity contribution in [2.45, 2.75) is 89.3 Å². The molecule has 3 aliphatic rings. The van der Waals surface area contributed by atoms with Gasteiger partial charge in [-0.05, 0) is 89.1 Å². The fourth-order valence-electron chi connectivity index (χ4n) is 6.66. The van der Waals surface area contributed by atoms with Crippen molar-refractivity contribution in [2.24, 2.45) is 0 Å². The van der Waals surface area contributed by atoms with Crippen LogP contribution in [0.5, 0.6) is 0 Å². The first-order valence-corrected chi connectivity index (χ1v) is 14.7. The van der Waals surface area contributed by atoms with E-state index in [4.69, 9.17) is 4.74 Å². The van der Waals surface area contributed by atoms with Gasteiger partial charge in [0.15, 0.2) is 0 Å². The molecule has 10 heteroatoms. The van der Waals surface area contributed by atoms with Gasteiger partial charge in [0, 0.05) is 52.6 Å². The molecular formula is C30H34F3N3O3S. The maximum atomic E-state index is 14.1. The number of aliphatic hydroxyl groups is 1. The van der Waals surface area contributed by atoms with Gasteiger partial charge in [0.1, 0.15) is 5.60 Å². The number of aliphatic hydroxyl groups excluding tert-OH is 1. The Hall–Kier alpha value is -2.85. The van der Waals surface area contributed by atoms with Gasteiger partial charge in [-0.2, -0.15) is 13.2 Å². The summed E-state index contributed by atoms with van der Waals surface area (Å²) in [4.78, 5) is 22.6. The molecule has 1 aromatic carbocycles. The molecule has 0 radical (unpaired) electrons. The number of amides is 1. The number of carbonyl (C=O) groups excluding carboxylic acids is 1. The highest BCUT2D eigenvalue weighted by Gasteiger charge is 2.54. The number of aryl methyl sites for hydroxylation is 1. The van der Waals surface area contributed by atoms with Crippen LogP contribution in [0.15, 0.2) is 30.5 Å². The van der Waals surface area contributed by atoms with Crippen molar-refractivity contribution in [1.29, 1.82) is 0 Å². The molecule has 1 aliphatic carbocycles. The van der Waals surface area contributed by atoms with Gasteiger partial charge < -0.3 is 19.6 Å². The molecule has 2 fully saturated rings. The number of ether oxygens (including phenoxy) is 1. The van der Waals surface area contributed by atoms with Crippen LogP contribution in [0.3, 0.4) is 0 Å². The zero-order valence-electron chi connectivity index (χ0n) is 23.0. The van der Waals surface area contributed by atoms with Crippen LogP contribution in [0.1, 0.15) is 68.9 Å². The zero-order valence-corrected chi connectivity index (χ0v) is 23.8. The number of fused-ring (bicyclic) bond motifs is 2. The topological polar surface area (TPSA) is 65.9 Å². The number of hydrogen-bond donors (Lipinski definition) is 1. The minimum absolute atomic E-state index is 0.0315. The largest absolute Gasteiger partial charge is 0.444 e. The summed E-state index contributed by atoms with van der Waals surface area (Å²) in [7, 11) is 0. The molecule has 1 amide bonds. The lowest BCUT2D eigenvalue weighted by molar-refractivity contribution is -0.137. The first kappa shape index (κ1) is 27.3. The van der Waals surface area contributed by atoms with Crippen molar-refractivity contribution >= 4 is 33.3 Å². The van der Waals surface area contributed by atoms with Crippen LogP contribution < -0.4 is 4.90 Å². The van der Waals surface area contributed by atoms with E-state index in [0.29, 0.717) is 46.6 Å². The molecular weight excluding hydrogens is 539 g/mol. The van der Waals surface area contributed by atoms with Gasteiger partial charge in [-0.3, -0.25) is 4.98 Å². The summed E-state index contributed by atoms with van der Waals surface area (Å²) in [6, 6.07) is 6.10. The fraction of sp³-hybridized carbons (Fsp3) is 0.533. The Labute approximate surface area is 235 Å². The first-order chi connectivity index (χ1) is 18.9. The van der Waals surface area contributed by atoms with Crippen LogP contribution >= 0.6 is 11.3 Å². The van der Waals surface area contributed by atoms with Crippen LogP contribution in [0.25, 0.3) is 21.3 Å². The average molecular weight is 574 g/mol. The summed E-state index contributed by atoms with van der Waals surface area (Å²) < 4.78 is 49.0. The van der Waals surface area contributed by atoms with Crippen LogP contribution in [-0.4, -0.2) is 51.4 Å². The highest BCUT2D eigenvalue weighted by Crippen LogP contribution is 2.51. The highest BCUT2D eigenvalue weighted by atomic mass is 32.1. The zero-order chi connectivity index (χ0) is 28.4. The number of thiophene rings is 1. The third-order valence-electron chi connectivity index (χ3n) is 8.48. The van der Waals surface area contributed by atoms with Crippen molar-refractivity contribution in [3.05, 3.63) is 46.5 Å². The van der Waals surface area contributed by atoms with Crippen LogP contribution in [0, 0.1) is 0 Å². The maximum absolute atomic E-state index is 14.1. The smallest absolute Gasteiger partial charge is 0.416 e. The molecule has 0 unspecified atom stereocenters. The third-order valence-corrected chi connectivity index (χ3v) is 9.62. The lowest BCUT2D eigenvalue weighted by Gasteiger charge is -2.45. The van der Waals surface area contributed by atoms with Crippen molar-refractivity contribution in [1.82, 2.24) is 9.88 Å². The molecule has 1 atom stereocenters. The molecule has 1 N–H and O–H groups in total. The molecule has 1 saturated heterocycles. The Morgan fingerprint density at radius 2 is 1.95 bits per heavy atom. The van der Waals surface area contributed by atoms with E-state index in [1.807, 2.05) is 25.7 Å². The number of anilines is 1. The molecule has 0 bridgehead atoms. The SMILES string of the molecule is CC(C)(C)OC(=O)N1C[C@@H](N2CCCc3cc(C(F)(F)F)cc(-c4ccnc5cc(CO)sc45)c32)CC12CCC2. The van der Waals surface area contributed by atoms with E-state index in [0.717, 1.165) is 42.5 Å². The van der Waals surface area contributed by atoms with Crippen molar-refractivity contribution in [2.75, 3.05) is 18.0 Å². The van der Waals surface area contributed by atoms with Gasteiger partial charge >= 0.3 is 12.3 Å². The molecule has 3 aromatic rings. The number of halogens is 3. The Morgan fingerprint density at radius 3 is 2.60 bits per heavy atom. The Kier molecular flexibility index (Phi) is 6.57. The van der Waals surface area contributed by atoms with Gasteiger partial charge in [-0.15, -0.1) is 11.3 Å². The van der Waals surface area contributed by atoms with Gasteiger partial charge in [-0.1, -0.05) is 0 Å². The van der Waals surface area contributed by atoms with Gasteiger partial charge in [0.2, 0.25) is 0 Å². The lowest BCUT2D eigenvalue weighted by Crippen LogP contribution is -2.53. The number of rotatable bonds is 3. The number of carbonyl (C=O) groups is 1. The summed E-state index contributed by atoms with van der Waals surface area (Å²) in [6.45, 7) is 6.61. The van der Waals surface area contributed by atoms with Crippen molar-refractivity contribution < 1.29 is 27.8 Å². The predicted molar refractivity (Wildman–Crippen MR) is 150 cm³/mol. The quantitative estimate of drug-likeness (QED) is 0.360. The van der Waals surface area contributed by atoms with Crippen LogP contribution in [0.4, 0.5) is 23.7 Å². The van der Waals surface area contributed by atoms with Crippen molar-refractivity contribution in [3.8, 4) is 11.1 Å². The van der Waals surface area contributed by atoms with E-state index in [-0.39, 0.29) is 24.3 Å². The third kappa shape index (κ3) is 4.72. The molecule has 40 heavy (non-hydrogen) atoms. The highest BCUT2D eigenvalue weighted by molar-refractivity contribution is 7.19. The fourth-order valence-corrected chi connectivity index (χ4v) is 7.66. The lowest BCUT2D eigenvalue weighted by atomic mass is 9.74. The number of likely N-dealkylation sites (tertiary alicyclic amines) is 1. The van der Waals surface area contributed by atoms with E-state index < -0.39 is 17.3 Å². The summed E-state index contributed by atoms with van der Waals surface area (Å²) in [5.74, 6) is 0. The number of alkyl halides is 3. The summed E-state index contributed by atoms with van der Waals surface area (Å²) in [6.07, 6.45) is 1.75. The molecule has 1 spiro atoms.